The maximum absolute atomic E-state index is 10.9. The maximum atomic E-state index is 10.9. The minimum atomic E-state index is -0.141. The first kappa shape index (κ1) is 17.2. The zero-order valence-corrected chi connectivity index (χ0v) is 12.2. The molecule has 0 spiro atoms. The lowest BCUT2D eigenvalue weighted by Crippen LogP contribution is -2.15. The second kappa shape index (κ2) is 12.7. The SMILES string of the molecule is C=CCCCCCCCCC(CCC)OC(C)=O. The fraction of sp³-hybridized carbons (Fsp3) is 0.812. The summed E-state index contributed by atoms with van der Waals surface area (Å²) in [6.45, 7) is 7.36. The minimum Gasteiger partial charge on any atom is -0.463 e. The van der Waals surface area contributed by atoms with Crippen LogP contribution >= 0.6 is 0 Å². The van der Waals surface area contributed by atoms with Crippen molar-refractivity contribution in [3.05, 3.63) is 12.7 Å². The lowest BCUT2D eigenvalue weighted by molar-refractivity contribution is -0.147. The van der Waals surface area contributed by atoms with Crippen LogP contribution in [0, 0.1) is 0 Å². The summed E-state index contributed by atoms with van der Waals surface area (Å²) >= 11 is 0. The Morgan fingerprint density at radius 1 is 1.11 bits per heavy atom. The molecule has 0 radical (unpaired) electrons. The number of hydrogen-bond donors (Lipinski definition) is 0. The van der Waals surface area contributed by atoms with Crippen LogP contribution in [-0.4, -0.2) is 12.1 Å². The normalized spacial score (nSPS) is 12.1. The number of carbonyl (C=O) groups is 1. The van der Waals surface area contributed by atoms with E-state index in [1.807, 2.05) is 6.08 Å². The fourth-order valence-corrected chi connectivity index (χ4v) is 2.19. The van der Waals surface area contributed by atoms with Crippen molar-refractivity contribution >= 4 is 5.97 Å². The highest BCUT2D eigenvalue weighted by Gasteiger charge is 2.10. The van der Waals surface area contributed by atoms with Gasteiger partial charge in [-0.2, -0.15) is 0 Å². The molecule has 0 saturated carbocycles. The predicted octanol–water partition coefficient (Wildman–Crippen LogP) is 5.03. The zero-order valence-electron chi connectivity index (χ0n) is 12.2. The van der Waals surface area contributed by atoms with Gasteiger partial charge in [0.2, 0.25) is 0 Å². The van der Waals surface area contributed by atoms with Gasteiger partial charge in [0.05, 0.1) is 0 Å². The molecule has 0 amide bonds. The van der Waals surface area contributed by atoms with Crippen molar-refractivity contribution in [2.24, 2.45) is 0 Å². The second-order valence-electron chi connectivity index (χ2n) is 5.01. The molecular weight excluding hydrogens is 224 g/mol. The number of allylic oxidation sites excluding steroid dienone is 1. The van der Waals surface area contributed by atoms with E-state index in [2.05, 4.69) is 13.5 Å². The van der Waals surface area contributed by atoms with Crippen molar-refractivity contribution in [2.45, 2.75) is 84.2 Å². The predicted molar refractivity (Wildman–Crippen MR) is 77.6 cm³/mol. The van der Waals surface area contributed by atoms with Crippen LogP contribution in [0.25, 0.3) is 0 Å². The van der Waals surface area contributed by atoms with Gasteiger partial charge in [-0.25, -0.2) is 0 Å². The van der Waals surface area contributed by atoms with E-state index in [1.165, 1.54) is 45.4 Å². The van der Waals surface area contributed by atoms with E-state index in [9.17, 15) is 4.79 Å². The molecule has 1 atom stereocenters. The van der Waals surface area contributed by atoms with Crippen molar-refractivity contribution in [3.63, 3.8) is 0 Å². The summed E-state index contributed by atoms with van der Waals surface area (Å²) in [5, 5.41) is 0. The van der Waals surface area contributed by atoms with Gasteiger partial charge in [0.1, 0.15) is 6.10 Å². The molecule has 0 heterocycles. The molecule has 0 rings (SSSR count). The van der Waals surface area contributed by atoms with Gasteiger partial charge in [-0.05, 0) is 32.1 Å². The molecule has 18 heavy (non-hydrogen) atoms. The first-order valence-electron chi connectivity index (χ1n) is 7.48. The van der Waals surface area contributed by atoms with E-state index in [1.54, 1.807) is 0 Å². The Balaban J connectivity index is 3.42. The fourth-order valence-electron chi connectivity index (χ4n) is 2.19. The highest BCUT2D eigenvalue weighted by molar-refractivity contribution is 5.66. The van der Waals surface area contributed by atoms with Crippen molar-refractivity contribution in [2.75, 3.05) is 0 Å². The molecule has 0 aliphatic rings. The molecule has 106 valence electrons. The molecule has 1 unspecified atom stereocenters. The van der Waals surface area contributed by atoms with E-state index in [0.717, 1.165) is 25.7 Å². The van der Waals surface area contributed by atoms with Gasteiger partial charge in [0.25, 0.3) is 0 Å². The molecule has 0 aliphatic carbocycles. The molecule has 0 fully saturated rings. The second-order valence-corrected chi connectivity index (χ2v) is 5.01. The highest BCUT2D eigenvalue weighted by Crippen LogP contribution is 2.14. The average Bonchev–Trinajstić information content (AvgIpc) is 2.32. The summed E-state index contributed by atoms with van der Waals surface area (Å²) in [6, 6.07) is 0. The summed E-state index contributed by atoms with van der Waals surface area (Å²) in [5.41, 5.74) is 0. The first-order valence-corrected chi connectivity index (χ1v) is 7.48. The molecule has 0 saturated heterocycles. The monoisotopic (exact) mass is 254 g/mol. The van der Waals surface area contributed by atoms with Crippen molar-refractivity contribution in [3.8, 4) is 0 Å². The van der Waals surface area contributed by atoms with Gasteiger partial charge in [-0.1, -0.05) is 45.1 Å². The maximum Gasteiger partial charge on any atom is 0.302 e. The van der Waals surface area contributed by atoms with Crippen LogP contribution in [0.2, 0.25) is 0 Å². The van der Waals surface area contributed by atoms with Gasteiger partial charge < -0.3 is 4.74 Å². The van der Waals surface area contributed by atoms with Gasteiger partial charge in [0.15, 0.2) is 0 Å². The van der Waals surface area contributed by atoms with E-state index in [-0.39, 0.29) is 12.1 Å². The highest BCUT2D eigenvalue weighted by atomic mass is 16.5. The number of ether oxygens (including phenoxy) is 1. The third kappa shape index (κ3) is 11.7. The molecule has 2 heteroatoms. The van der Waals surface area contributed by atoms with Crippen LogP contribution in [0.1, 0.15) is 78.1 Å². The standard InChI is InChI=1S/C16H30O2/c1-4-6-7-8-9-10-11-12-14-16(13-5-2)18-15(3)17/h4,16H,1,5-14H2,2-3H3. The molecule has 0 aromatic carbocycles. The van der Waals surface area contributed by atoms with Gasteiger partial charge in [-0.15, -0.1) is 6.58 Å². The number of unbranched alkanes of at least 4 members (excludes halogenated alkanes) is 6. The van der Waals surface area contributed by atoms with Crippen molar-refractivity contribution in [1.29, 1.82) is 0 Å². The summed E-state index contributed by atoms with van der Waals surface area (Å²) < 4.78 is 5.30. The van der Waals surface area contributed by atoms with Gasteiger partial charge in [0, 0.05) is 6.92 Å². The molecule has 2 nitrogen and oxygen atoms in total. The largest absolute Gasteiger partial charge is 0.463 e. The average molecular weight is 254 g/mol. The Labute approximate surface area is 113 Å². The van der Waals surface area contributed by atoms with Crippen LogP contribution in [0.5, 0.6) is 0 Å². The number of esters is 1. The van der Waals surface area contributed by atoms with Crippen LogP contribution < -0.4 is 0 Å². The van der Waals surface area contributed by atoms with E-state index < -0.39 is 0 Å². The molecule has 0 aromatic rings. The Kier molecular flexibility index (Phi) is 12.1. The summed E-state index contributed by atoms with van der Waals surface area (Å²) in [4.78, 5) is 10.9. The minimum absolute atomic E-state index is 0.141. The number of carbonyl (C=O) groups excluding carboxylic acids is 1. The van der Waals surface area contributed by atoms with E-state index >= 15 is 0 Å². The molecule has 0 N–H and O–H groups in total. The molecular formula is C16H30O2. The molecule has 0 bridgehead atoms. The number of hydrogen-bond acceptors (Lipinski definition) is 2. The smallest absolute Gasteiger partial charge is 0.302 e. The molecule has 0 aromatic heterocycles. The van der Waals surface area contributed by atoms with Crippen LogP contribution in [0.3, 0.4) is 0 Å². The zero-order chi connectivity index (χ0) is 13.6. The topological polar surface area (TPSA) is 26.3 Å². The van der Waals surface area contributed by atoms with Crippen molar-refractivity contribution in [1.82, 2.24) is 0 Å². The van der Waals surface area contributed by atoms with Gasteiger partial charge in [-0.3, -0.25) is 4.79 Å². The van der Waals surface area contributed by atoms with Gasteiger partial charge >= 0.3 is 5.97 Å². The third-order valence-electron chi connectivity index (χ3n) is 3.13. The third-order valence-corrected chi connectivity index (χ3v) is 3.13. The Morgan fingerprint density at radius 2 is 1.72 bits per heavy atom. The summed E-state index contributed by atoms with van der Waals surface area (Å²) in [5.74, 6) is -0.141. The van der Waals surface area contributed by atoms with Crippen LogP contribution in [-0.2, 0) is 9.53 Å². The Hall–Kier alpha value is -0.790. The van der Waals surface area contributed by atoms with Crippen LogP contribution in [0.4, 0.5) is 0 Å². The Bertz CT molecular complexity index is 211. The van der Waals surface area contributed by atoms with E-state index in [4.69, 9.17) is 4.74 Å². The quantitative estimate of drug-likeness (QED) is 0.277. The van der Waals surface area contributed by atoms with Crippen molar-refractivity contribution < 1.29 is 9.53 Å². The lowest BCUT2D eigenvalue weighted by atomic mass is 10.0. The Morgan fingerprint density at radius 3 is 2.28 bits per heavy atom. The number of rotatable bonds is 12. The summed E-state index contributed by atoms with van der Waals surface area (Å²) in [7, 11) is 0. The molecule has 0 aliphatic heterocycles. The first-order chi connectivity index (χ1) is 8.70. The van der Waals surface area contributed by atoms with Crippen LogP contribution in [0.15, 0.2) is 12.7 Å². The lowest BCUT2D eigenvalue weighted by Gasteiger charge is -2.15. The van der Waals surface area contributed by atoms with E-state index in [0.29, 0.717) is 0 Å². The summed E-state index contributed by atoms with van der Waals surface area (Å²) in [6.07, 6.45) is 14.0.